The molecule has 1 heteroatoms. The van der Waals surface area contributed by atoms with E-state index >= 15 is 0 Å². The smallest absolute Gasteiger partial charge is 0.119 e. The van der Waals surface area contributed by atoms with E-state index in [1.54, 1.807) is 0 Å². The maximum atomic E-state index is 10.4. The van der Waals surface area contributed by atoms with Gasteiger partial charge in [-0.05, 0) is 46.4 Å². The van der Waals surface area contributed by atoms with Gasteiger partial charge in [0.15, 0.2) is 0 Å². The number of carbonyl (C=O) groups is 1. The van der Waals surface area contributed by atoms with Gasteiger partial charge in [0.2, 0.25) is 0 Å². The Bertz CT molecular complexity index is 743. The lowest BCUT2D eigenvalue weighted by Gasteiger charge is -2.09. The summed E-state index contributed by atoms with van der Waals surface area (Å²) >= 11 is 0. The molecule has 3 rings (SSSR count). The molecule has 0 spiro atoms. The molecule has 0 amide bonds. The average Bonchev–Trinajstić information content (AvgIpc) is 2.51. The summed E-state index contributed by atoms with van der Waals surface area (Å²) in [5, 5.41) is 5.28. The van der Waals surface area contributed by atoms with Crippen LogP contribution in [0, 0.1) is 0 Å². The molecule has 100 valence electrons. The second kappa shape index (κ2) is 5.87. The van der Waals surface area contributed by atoms with E-state index in [0.717, 1.165) is 25.5 Å². The van der Waals surface area contributed by atoms with E-state index in [2.05, 4.69) is 54.6 Å². The van der Waals surface area contributed by atoms with Crippen molar-refractivity contribution >= 4 is 27.8 Å². The third-order valence-electron chi connectivity index (χ3n) is 3.90. The third-order valence-corrected chi connectivity index (χ3v) is 3.90. The predicted octanol–water partition coefficient (Wildman–Crippen LogP) is 4.90. The molecule has 0 atom stereocenters. The summed E-state index contributed by atoms with van der Waals surface area (Å²) in [6, 6.07) is 19.5. The normalized spacial score (nSPS) is 11.0. The van der Waals surface area contributed by atoms with Crippen molar-refractivity contribution in [3.05, 3.63) is 60.2 Å². The number of hydrogen-bond donors (Lipinski definition) is 0. The Morgan fingerprint density at radius 3 is 2.50 bits per heavy atom. The molecular weight excluding hydrogens is 244 g/mol. The minimum Gasteiger partial charge on any atom is -0.303 e. The minimum absolute atomic E-state index is 0.674. The van der Waals surface area contributed by atoms with E-state index in [4.69, 9.17) is 0 Å². The van der Waals surface area contributed by atoms with Crippen molar-refractivity contribution in [1.82, 2.24) is 0 Å². The number of unbranched alkanes of at least 4 members (excludes halogenated alkanes) is 2. The molecule has 0 aromatic heterocycles. The quantitative estimate of drug-likeness (QED) is 0.363. The SMILES string of the molecule is O=CCCCCc1cccc2c1ccc1ccccc12. The first-order valence-corrected chi connectivity index (χ1v) is 7.23. The maximum absolute atomic E-state index is 10.4. The van der Waals surface area contributed by atoms with Gasteiger partial charge in [0.05, 0.1) is 0 Å². The van der Waals surface area contributed by atoms with Crippen LogP contribution in [0.25, 0.3) is 21.5 Å². The van der Waals surface area contributed by atoms with Crippen molar-refractivity contribution < 1.29 is 4.79 Å². The van der Waals surface area contributed by atoms with Crippen LogP contribution in [0.15, 0.2) is 54.6 Å². The zero-order chi connectivity index (χ0) is 13.8. The highest BCUT2D eigenvalue weighted by molar-refractivity contribution is 6.08. The maximum Gasteiger partial charge on any atom is 0.119 e. The lowest BCUT2D eigenvalue weighted by atomic mass is 9.96. The molecule has 0 saturated heterocycles. The summed E-state index contributed by atoms with van der Waals surface area (Å²) in [6.45, 7) is 0. The molecule has 0 heterocycles. The number of benzene rings is 3. The summed E-state index contributed by atoms with van der Waals surface area (Å²) in [6.07, 6.45) is 4.78. The van der Waals surface area contributed by atoms with E-state index in [1.807, 2.05) is 0 Å². The van der Waals surface area contributed by atoms with Crippen LogP contribution in [-0.4, -0.2) is 6.29 Å². The van der Waals surface area contributed by atoms with E-state index in [9.17, 15) is 4.79 Å². The van der Waals surface area contributed by atoms with Gasteiger partial charge in [-0.15, -0.1) is 0 Å². The van der Waals surface area contributed by atoms with Gasteiger partial charge in [0, 0.05) is 6.42 Å². The van der Waals surface area contributed by atoms with Crippen LogP contribution in [0.4, 0.5) is 0 Å². The molecule has 0 aliphatic rings. The molecule has 0 aliphatic carbocycles. The Balaban J connectivity index is 2.01. The topological polar surface area (TPSA) is 17.1 Å². The van der Waals surface area contributed by atoms with Crippen molar-refractivity contribution in [2.24, 2.45) is 0 Å². The number of fused-ring (bicyclic) bond motifs is 3. The molecule has 0 aliphatic heterocycles. The monoisotopic (exact) mass is 262 g/mol. The molecule has 0 bridgehead atoms. The lowest BCUT2D eigenvalue weighted by Crippen LogP contribution is -1.89. The Morgan fingerprint density at radius 1 is 0.750 bits per heavy atom. The first kappa shape index (κ1) is 12.9. The van der Waals surface area contributed by atoms with Crippen molar-refractivity contribution in [3.8, 4) is 0 Å². The molecule has 3 aromatic rings. The van der Waals surface area contributed by atoms with Crippen LogP contribution in [0.1, 0.15) is 24.8 Å². The fourth-order valence-electron chi connectivity index (χ4n) is 2.87. The second-order valence-corrected chi connectivity index (χ2v) is 5.21. The summed E-state index contributed by atoms with van der Waals surface area (Å²) in [4.78, 5) is 10.4. The van der Waals surface area contributed by atoms with E-state index < -0.39 is 0 Å². The molecule has 0 saturated carbocycles. The van der Waals surface area contributed by atoms with Crippen LogP contribution in [-0.2, 0) is 11.2 Å². The van der Waals surface area contributed by atoms with Gasteiger partial charge < -0.3 is 4.79 Å². The van der Waals surface area contributed by atoms with E-state index in [1.165, 1.54) is 27.1 Å². The Kier molecular flexibility index (Phi) is 3.78. The number of rotatable bonds is 5. The summed E-state index contributed by atoms with van der Waals surface area (Å²) in [5.41, 5.74) is 1.39. The molecule has 0 radical (unpaired) electrons. The Hall–Kier alpha value is -2.15. The first-order chi connectivity index (χ1) is 9.90. The van der Waals surface area contributed by atoms with Gasteiger partial charge >= 0.3 is 0 Å². The van der Waals surface area contributed by atoms with Gasteiger partial charge in [-0.25, -0.2) is 0 Å². The largest absolute Gasteiger partial charge is 0.303 e. The van der Waals surface area contributed by atoms with Crippen molar-refractivity contribution in [1.29, 1.82) is 0 Å². The molecule has 3 aromatic carbocycles. The van der Waals surface area contributed by atoms with Gasteiger partial charge in [-0.1, -0.05) is 54.6 Å². The van der Waals surface area contributed by atoms with E-state index in [-0.39, 0.29) is 0 Å². The van der Waals surface area contributed by atoms with Crippen LogP contribution < -0.4 is 0 Å². The molecular formula is C19H18O. The molecule has 1 nitrogen and oxygen atoms in total. The standard InChI is InChI=1S/C19H18O/c20-14-5-1-2-7-15-9-6-11-19-17-10-4-3-8-16(17)12-13-18(15)19/h3-4,6,8-14H,1-2,5,7H2. The van der Waals surface area contributed by atoms with Crippen molar-refractivity contribution in [2.45, 2.75) is 25.7 Å². The highest BCUT2D eigenvalue weighted by Crippen LogP contribution is 2.28. The van der Waals surface area contributed by atoms with E-state index in [0.29, 0.717) is 6.42 Å². The number of aryl methyl sites for hydroxylation is 1. The summed E-state index contributed by atoms with van der Waals surface area (Å²) in [5.74, 6) is 0. The lowest BCUT2D eigenvalue weighted by molar-refractivity contribution is -0.107. The number of aldehydes is 1. The van der Waals surface area contributed by atoms with Gasteiger partial charge in [-0.3, -0.25) is 0 Å². The molecule has 0 unspecified atom stereocenters. The van der Waals surface area contributed by atoms with Gasteiger partial charge in [0.25, 0.3) is 0 Å². The van der Waals surface area contributed by atoms with Crippen LogP contribution >= 0.6 is 0 Å². The van der Waals surface area contributed by atoms with Crippen molar-refractivity contribution in [3.63, 3.8) is 0 Å². The van der Waals surface area contributed by atoms with Gasteiger partial charge in [0.1, 0.15) is 6.29 Å². The van der Waals surface area contributed by atoms with Gasteiger partial charge in [-0.2, -0.15) is 0 Å². The van der Waals surface area contributed by atoms with Crippen molar-refractivity contribution in [2.75, 3.05) is 0 Å². The second-order valence-electron chi connectivity index (χ2n) is 5.21. The average molecular weight is 262 g/mol. The van der Waals surface area contributed by atoms with Crippen LogP contribution in [0.5, 0.6) is 0 Å². The number of carbonyl (C=O) groups excluding carboxylic acids is 1. The molecule has 20 heavy (non-hydrogen) atoms. The summed E-state index contributed by atoms with van der Waals surface area (Å²) in [7, 11) is 0. The fourth-order valence-corrected chi connectivity index (χ4v) is 2.87. The highest BCUT2D eigenvalue weighted by atomic mass is 16.1. The fraction of sp³-hybridized carbons (Fsp3) is 0.211. The van der Waals surface area contributed by atoms with Crippen LogP contribution in [0.3, 0.4) is 0 Å². The molecule has 0 N–H and O–H groups in total. The van der Waals surface area contributed by atoms with Crippen LogP contribution in [0.2, 0.25) is 0 Å². The minimum atomic E-state index is 0.674. The zero-order valence-electron chi connectivity index (χ0n) is 11.5. The Labute approximate surface area is 119 Å². The number of hydrogen-bond acceptors (Lipinski definition) is 1. The predicted molar refractivity (Wildman–Crippen MR) is 85.1 cm³/mol. The molecule has 0 fully saturated rings. The zero-order valence-corrected chi connectivity index (χ0v) is 11.5. The third kappa shape index (κ3) is 2.44. The highest BCUT2D eigenvalue weighted by Gasteiger charge is 2.04. The first-order valence-electron chi connectivity index (χ1n) is 7.23. The summed E-state index contributed by atoms with van der Waals surface area (Å²) < 4.78 is 0. The Morgan fingerprint density at radius 2 is 1.60 bits per heavy atom.